The molecule has 6 aromatic carbocycles. The van der Waals surface area contributed by atoms with Crippen molar-refractivity contribution in [1.29, 1.82) is 0 Å². The maximum Gasteiger partial charge on any atom is 0.321 e. The number of aliphatic hydroxyl groups excluding tert-OH is 1. The van der Waals surface area contributed by atoms with Crippen LogP contribution in [-0.2, 0) is 38.6 Å². The Balaban J connectivity index is 0.000000222. The zero-order chi connectivity index (χ0) is 65.1. The number of hydrogen-bond donors (Lipinski definition) is 2. The highest BCUT2D eigenvalue weighted by Gasteiger charge is 2.35. The monoisotopic (exact) mass is 1360 g/mol. The van der Waals surface area contributed by atoms with E-state index in [2.05, 4.69) is 44.9 Å². The number of carbonyl (C=O) groups is 2. The molecule has 0 amide bonds. The maximum absolute atomic E-state index is 13.0. The molecule has 0 aliphatic rings. The predicted octanol–water partition coefficient (Wildman–Crippen LogP) is 15.7. The van der Waals surface area contributed by atoms with Crippen molar-refractivity contribution >= 4 is 94.0 Å². The third-order valence-electron chi connectivity index (χ3n) is 12.7. The molecule has 0 unspecified atom stereocenters. The molecule has 0 fully saturated rings. The summed E-state index contributed by atoms with van der Waals surface area (Å²) in [6.45, 7) is 16.5. The van der Waals surface area contributed by atoms with Gasteiger partial charge in [-0.1, -0.05) is 124 Å². The van der Waals surface area contributed by atoms with Crippen molar-refractivity contribution in [3.8, 4) is 86.4 Å². The molecule has 90 heavy (non-hydrogen) atoms. The van der Waals surface area contributed by atoms with Crippen LogP contribution in [0, 0.1) is 26.7 Å². The molecule has 25 heteroatoms. The van der Waals surface area contributed by atoms with Crippen molar-refractivity contribution in [1.82, 2.24) is 44.9 Å². The number of aromatic nitrogens is 9. The zero-order valence-corrected chi connectivity index (χ0v) is 56.5. The lowest BCUT2D eigenvalue weighted by atomic mass is 9.97. The molecule has 0 aliphatic carbocycles. The molecule has 3 aromatic heterocycles. The molecule has 472 valence electrons. The fourth-order valence-corrected chi connectivity index (χ4v) is 9.26. The summed E-state index contributed by atoms with van der Waals surface area (Å²) in [6.07, 6.45) is 0.0244. The number of aliphatic hydroxyl groups is 1. The Hall–Kier alpha value is -7.36. The summed E-state index contributed by atoms with van der Waals surface area (Å²) < 4.78 is 26.8. The van der Waals surface area contributed by atoms with E-state index in [-0.39, 0.29) is 49.3 Å². The first-order valence-electron chi connectivity index (χ1n) is 27.4. The fourth-order valence-electron chi connectivity index (χ4n) is 8.12. The number of aryl methyl sites for hydroxylation is 3. The van der Waals surface area contributed by atoms with Crippen LogP contribution in [0.4, 0.5) is 0 Å². The van der Waals surface area contributed by atoms with Gasteiger partial charge in [0.15, 0.2) is 40.9 Å². The second-order valence-electron chi connectivity index (χ2n) is 21.9. The van der Waals surface area contributed by atoms with Gasteiger partial charge in [-0.2, -0.15) is 29.9 Å². The first-order valence-corrected chi connectivity index (χ1v) is 29.7. The lowest BCUT2D eigenvalue weighted by molar-refractivity contribution is -0.174. The molecule has 9 aromatic rings. The lowest BCUT2D eigenvalue weighted by Gasteiger charge is -2.26. The van der Waals surface area contributed by atoms with Gasteiger partial charge in [-0.25, -0.2) is 15.0 Å². The number of hydrogen-bond acceptors (Lipinski definition) is 18. The van der Waals surface area contributed by atoms with E-state index in [1.807, 2.05) is 75.4 Å². The van der Waals surface area contributed by atoms with Crippen LogP contribution in [0.3, 0.4) is 0 Å². The molecule has 9 rings (SSSR count). The zero-order valence-electron chi connectivity index (χ0n) is 51.2. The van der Waals surface area contributed by atoms with Crippen molar-refractivity contribution in [3.63, 3.8) is 0 Å². The molecular formula is C65H65Cl7N10O8. The lowest BCUT2D eigenvalue weighted by Crippen LogP contribution is -2.38. The number of benzene rings is 6. The number of ether oxygens (including phenoxy) is 5. The highest BCUT2D eigenvalue weighted by atomic mass is 35.5. The van der Waals surface area contributed by atoms with Crippen LogP contribution in [0.2, 0.25) is 30.1 Å². The number of halogens is 7. The van der Waals surface area contributed by atoms with Crippen LogP contribution in [0.15, 0.2) is 109 Å². The first-order chi connectivity index (χ1) is 42.1. The minimum atomic E-state index is -1.18. The van der Waals surface area contributed by atoms with E-state index in [9.17, 15) is 14.7 Å². The molecule has 0 aliphatic heterocycles. The summed E-state index contributed by atoms with van der Waals surface area (Å²) in [5, 5.41) is 12.6. The van der Waals surface area contributed by atoms with Crippen LogP contribution in [0.25, 0.3) is 68.3 Å². The highest BCUT2D eigenvalue weighted by molar-refractivity contribution is 6.34. The molecule has 0 saturated carbocycles. The molecule has 18 nitrogen and oxygen atoms in total. The summed E-state index contributed by atoms with van der Waals surface area (Å²) in [5.41, 5.74) is 13.2. The van der Waals surface area contributed by atoms with E-state index < -0.39 is 29.1 Å². The molecule has 0 bridgehead atoms. The first kappa shape index (κ1) is 71.7. The molecule has 0 saturated heterocycles. The molecule has 3 heterocycles. The number of methoxy groups -OCH3 is 3. The van der Waals surface area contributed by atoms with Crippen LogP contribution < -0.4 is 19.9 Å². The van der Waals surface area contributed by atoms with Gasteiger partial charge in [0.2, 0.25) is 0 Å². The van der Waals surface area contributed by atoms with Gasteiger partial charge in [-0.05, 0) is 157 Å². The average Bonchev–Trinajstić information content (AvgIpc) is 1.35. The van der Waals surface area contributed by atoms with Gasteiger partial charge >= 0.3 is 30.0 Å². The van der Waals surface area contributed by atoms with Crippen molar-refractivity contribution in [3.05, 3.63) is 173 Å². The van der Waals surface area contributed by atoms with Crippen LogP contribution in [-0.4, -0.2) is 94.4 Å². The van der Waals surface area contributed by atoms with Gasteiger partial charge in [0, 0.05) is 55.0 Å². The Labute approximate surface area is 558 Å². The molecule has 3 N–H and O–H groups in total. The Morgan fingerprint density at radius 3 is 1.03 bits per heavy atom. The van der Waals surface area contributed by atoms with Crippen molar-refractivity contribution in [2.45, 2.75) is 93.1 Å². The van der Waals surface area contributed by atoms with Gasteiger partial charge < -0.3 is 34.5 Å². The van der Waals surface area contributed by atoms with E-state index in [0.29, 0.717) is 99.2 Å². The smallest absolute Gasteiger partial charge is 0.321 e. The van der Waals surface area contributed by atoms with Crippen molar-refractivity contribution < 1.29 is 38.4 Å². The highest BCUT2D eigenvalue weighted by Crippen LogP contribution is 2.35. The van der Waals surface area contributed by atoms with Crippen LogP contribution in [0.5, 0.6) is 18.0 Å². The maximum atomic E-state index is 13.0. The Morgan fingerprint density at radius 2 is 0.733 bits per heavy atom. The van der Waals surface area contributed by atoms with E-state index in [4.69, 9.17) is 99.0 Å². The van der Waals surface area contributed by atoms with E-state index in [1.54, 1.807) is 96.1 Å². The molecule has 0 atom stereocenters. The summed E-state index contributed by atoms with van der Waals surface area (Å²) in [6, 6.07) is 32.9. The fraction of sp³-hybridized carbons (Fsp3) is 0.277. The van der Waals surface area contributed by atoms with Crippen molar-refractivity contribution in [2.75, 3.05) is 21.3 Å². The number of esters is 2. The Bertz CT molecular complexity index is 3880. The van der Waals surface area contributed by atoms with E-state index in [1.165, 1.54) is 21.3 Å². The number of nitrogens with two attached hydrogens (primary N) is 1. The average molecular weight is 1360 g/mol. The third-order valence-corrected chi connectivity index (χ3v) is 14.9. The van der Waals surface area contributed by atoms with Gasteiger partial charge in [0.05, 0.1) is 43.0 Å². The van der Waals surface area contributed by atoms with Gasteiger partial charge in [-0.15, -0.1) is 12.4 Å². The second kappa shape index (κ2) is 31.6. The quantitative estimate of drug-likeness (QED) is 0.0716. The minimum Gasteiger partial charge on any atom is -0.467 e. The summed E-state index contributed by atoms with van der Waals surface area (Å²) in [5.74, 6) is -0.269. The van der Waals surface area contributed by atoms with E-state index in [0.717, 1.165) is 33.4 Å². The number of nitrogens with zero attached hydrogens (tertiary/aromatic N) is 9. The molecule has 0 radical (unpaired) electrons. The van der Waals surface area contributed by atoms with Gasteiger partial charge in [-0.3, -0.25) is 9.59 Å². The Morgan fingerprint density at radius 1 is 0.433 bits per heavy atom. The van der Waals surface area contributed by atoms with Gasteiger partial charge in [0.1, 0.15) is 11.2 Å². The predicted molar refractivity (Wildman–Crippen MR) is 356 cm³/mol. The SMILES string of the molecule is COc1nc(-c2ccc(C)c(Cl)c2)nc(-c2cc(CC(C(=O)OC(C)(C)C)C(=O)OC(C)(C)C)ccc2Cl)n1.COc1nc(-c2ccc(C)c(Cl)c2)nc(-c2cc(CN)ccc2Cl)n1.COc1nc(-c2ccc(C)c(Cl)c2)nc(-c2cc(CO)ccc2Cl)n1.Cl. The summed E-state index contributed by atoms with van der Waals surface area (Å²) in [4.78, 5) is 65.7. The van der Waals surface area contributed by atoms with Crippen molar-refractivity contribution in [2.24, 2.45) is 11.7 Å². The summed E-state index contributed by atoms with van der Waals surface area (Å²) >= 11 is 37.9. The normalized spacial score (nSPS) is 11.1. The number of carbonyl (C=O) groups excluding carboxylic acids is 2. The standard InChI is InChI=1S/C29H33Cl2N3O5.C18H16Cl2N4O.C18H15Cl2N3O2.ClH/c1-16-9-11-18(15-22(16)31)23-32-24(34-27(33-23)37-8)19-13-17(10-12-21(19)30)14-20(25(35)38-28(2,3)4)26(36)39-29(5,6)7;1-10-3-5-12(8-15(10)20)16-22-17(24-18(23-16)25-2)13-7-11(9-21)4-6-14(13)19;1-10-3-5-12(8-15(10)20)16-21-17(23-18(22-16)25-2)13-7-11(9-24)4-6-14(13)19;/h9-13,15,20H,14H2,1-8H3;3-8H,9,21H2,1-2H3;3-8,24H,9H2,1-2H3;1H. The summed E-state index contributed by atoms with van der Waals surface area (Å²) in [7, 11) is 4.44. The molecular weight excluding hydrogens is 1300 g/mol. The van der Waals surface area contributed by atoms with E-state index >= 15 is 0 Å². The third kappa shape index (κ3) is 19.3. The van der Waals surface area contributed by atoms with Crippen LogP contribution in [0.1, 0.15) is 74.9 Å². The van der Waals surface area contributed by atoms with Crippen LogP contribution >= 0.6 is 82.0 Å². The minimum absolute atomic E-state index is 0. The topological polar surface area (TPSA) is 243 Å². The van der Waals surface area contributed by atoms with Gasteiger partial charge in [0.25, 0.3) is 0 Å². The number of rotatable bonds is 15. The Kier molecular flexibility index (Phi) is 25.2. The molecule has 0 spiro atoms. The second-order valence-corrected chi connectivity index (χ2v) is 24.4. The largest absolute Gasteiger partial charge is 0.467 e.